The monoisotopic (exact) mass is 359 g/mol. The highest BCUT2D eigenvalue weighted by Gasteiger charge is 2.17. The Labute approximate surface area is 150 Å². The maximum atomic E-state index is 14.0. The number of fused-ring (bicyclic) bond motifs is 1. The van der Waals surface area contributed by atoms with Crippen molar-refractivity contribution < 1.29 is 9.13 Å². The molecule has 2 heterocycles. The fourth-order valence-corrected chi connectivity index (χ4v) is 2.94. The lowest BCUT2D eigenvalue weighted by Gasteiger charge is -2.10. The summed E-state index contributed by atoms with van der Waals surface area (Å²) in [5.74, 6) is -0.00292. The van der Waals surface area contributed by atoms with Crippen molar-refractivity contribution >= 4 is 22.5 Å². The Hall–Kier alpha value is -2.40. The lowest BCUT2D eigenvalue weighted by Crippen LogP contribution is -2.04. The summed E-state index contributed by atoms with van der Waals surface area (Å²) in [5, 5.41) is 9.51. The molecule has 0 aliphatic rings. The van der Waals surface area contributed by atoms with Crippen molar-refractivity contribution in [2.24, 2.45) is 0 Å². The number of halogens is 2. The number of allylic oxidation sites excluding steroid dienone is 2. The molecule has 0 atom stereocenters. The minimum absolute atomic E-state index is 0.0592. The van der Waals surface area contributed by atoms with E-state index in [1.165, 1.54) is 6.07 Å². The summed E-state index contributed by atoms with van der Waals surface area (Å²) in [4.78, 5) is 0. The zero-order chi connectivity index (χ0) is 18.0. The Bertz CT molecular complexity index is 949. The molecule has 0 amide bonds. The van der Waals surface area contributed by atoms with E-state index in [1.54, 1.807) is 18.3 Å². The molecule has 6 heteroatoms. The molecule has 0 fully saturated rings. The van der Waals surface area contributed by atoms with Crippen molar-refractivity contribution in [1.82, 2.24) is 14.8 Å². The number of ether oxygens (including phenoxy) is 1. The van der Waals surface area contributed by atoms with Crippen molar-refractivity contribution in [1.29, 1.82) is 0 Å². The molecule has 0 radical (unpaired) electrons. The molecule has 0 aliphatic carbocycles. The number of aryl methyl sites for hydroxylation is 1. The van der Waals surface area contributed by atoms with Crippen LogP contribution in [-0.4, -0.2) is 14.8 Å². The molecule has 4 nitrogen and oxygen atoms in total. The SMILES string of the molecule is C/C=C/Cn1c(C)c(C)c2cnnc(OCc3ccc(Cl)cc3F)c21. The average Bonchev–Trinajstić information content (AvgIpc) is 2.84. The molecular weight excluding hydrogens is 341 g/mol. The predicted molar refractivity (Wildman–Crippen MR) is 97.6 cm³/mol. The fourth-order valence-electron chi connectivity index (χ4n) is 2.78. The second-order valence-electron chi connectivity index (χ2n) is 5.83. The molecule has 0 bridgehead atoms. The lowest BCUT2D eigenvalue weighted by molar-refractivity contribution is 0.287. The summed E-state index contributed by atoms with van der Waals surface area (Å²) < 4.78 is 21.9. The standard InChI is InChI=1S/C19H19ClFN3O/c1-4-5-8-24-13(3)12(2)16-10-22-23-19(18(16)24)25-11-14-6-7-15(20)9-17(14)21/h4-7,9-10H,8,11H2,1-3H3/b5-4+. The molecule has 3 aromatic rings. The van der Waals surface area contributed by atoms with Crippen molar-refractivity contribution in [2.75, 3.05) is 0 Å². The number of nitrogens with zero attached hydrogens (tertiary/aromatic N) is 3. The molecule has 0 aliphatic heterocycles. The molecule has 130 valence electrons. The van der Waals surface area contributed by atoms with Crippen LogP contribution in [-0.2, 0) is 13.2 Å². The summed E-state index contributed by atoms with van der Waals surface area (Å²) >= 11 is 5.79. The van der Waals surface area contributed by atoms with Crippen LogP contribution >= 0.6 is 11.6 Å². The van der Waals surface area contributed by atoms with E-state index in [1.807, 2.05) is 19.9 Å². The zero-order valence-corrected chi connectivity index (χ0v) is 15.1. The van der Waals surface area contributed by atoms with Gasteiger partial charge in [0.1, 0.15) is 17.9 Å². The zero-order valence-electron chi connectivity index (χ0n) is 14.4. The Morgan fingerprint density at radius 1 is 1.32 bits per heavy atom. The van der Waals surface area contributed by atoms with E-state index in [0.717, 1.165) is 22.2 Å². The summed E-state index contributed by atoms with van der Waals surface area (Å²) in [6.45, 7) is 6.86. The Morgan fingerprint density at radius 3 is 2.84 bits per heavy atom. The first kappa shape index (κ1) is 17.4. The first-order chi connectivity index (χ1) is 12.0. The topological polar surface area (TPSA) is 39.9 Å². The molecular formula is C19H19ClFN3O. The van der Waals surface area contributed by atoms with Crippen LogP contribution in [0.25, 0.3) is 10.9 Å². The van der Waals surface area contributed by atoms with E-state index < -0.39 is 5.82 Å². The van der Waals surface area contributed by atoms with Gasteiger partial charge in [-0.1, -0.05) is 29.8 Å². The quantitative estimate of drug-likeness (QED) is 0.602. The van der Waals surface area contributed by atoms with E-state index in [9.17, 15) is 4.39 Å². The first-order valence-electron chi connectivity index (χ1n) is 8.02. The van der Waals surface area contributed by atoms with Gasteiger partial charge in [-0.05, 0) is 38.5 Å². The van der Waals surface area contributed by atoms with Gasteiger partial charge in [-0.2, -0.15) is 5.10 Å². The van der Waals surface area contributed by atoms with Crippen LogP contribution in [0.4, 0.5) is 4.39 Å². The van der Waals surface area contributed by atoms with Gasteiger partial charge in [-0.3, -0.25) is 0 Å². The van der Waals surface area contributed by atoms with E-state index in [2.05, 4.69) is 27.8 Å². The summed E-state index contributed by atoms with van der Waals surface area (Å²) in [6.07, 6.45) is 5.80. The average molecular weight is 360 g/mol. The van der Waals surface area contributed by atoms with Gasteiger partial charge in [-0.25, -0.2) is 4.39 Å². The van der Waals surface area contributed by atoms with Crippen molar-refractivity contribution in [3.8, 4) is 5.88 Å². The first-order valence-corrected chi connectivity index (χ1v) is 8.39. The number of hydrogen-bond donors (Lipinski definition) is 0. The molecule has 2 aromatic heterocycles. The predicted octanol–water partition coefficient (Wildman–Crippen LogP) is 5.00. The minimum atomic E-state index is -0.399. The van der Waals surface area contributed by atoms with Crippen molar-refractivity contribution in [2.45, 2.75) is 33.9 Å². The van der Waals surface area contributed by atoms with Crippen LogP contribution in [0.3, 0.4) is 0 Å². The number of aromatic nitrogens is 3. The molecule has 1 aromatic carbocycles. The molecule has 0 saturated carbocycles. The third-order valence-electron chi connectivity index (χ3n) is 4.32. The Balaban J connectivity index is 1.99. The molecule has 0 saturated heterocycles. The van der Waals surface area contributed by atoms with Gasteiger partial charge in [0.25, 0.3) is 5.88 Å². The fraction of sp³-hybridized carbons (Fsp3) is 0.263. The number of benzene rings is 1. The van der Waals surface area contributed by atoms with Crippen LogP contribution < -0.4 is 4.74 Å². The molecule has 25 heavy (non-hydrogen) atoms. The van der Waals surface area contributed by atoms with Crippen LogP contribution in [0.5, 0.6) is 5.88 Å². The van der Waals surface area contributed by atoms with Crippen molar-refractivity contribution in [3.63, 3.8) is 0 Å². The maximum absolute atomic E-state index is 14.0. The van der Waals surface area contributed by atoms with Crippen LogP contribution in [0.2, 0.25) is 5.02 Å². The molecule has 0 unspecified atom stereocenters. The largest absolute Gasteiger partial charge is 0.470 e. The lowest BCUT2D eigenvalue weighted by atomic mass is 10.2. The second-order valence-corrected chi connectivity index (χ2v) is 6.26. The van der Waals surface area contributed by atoms with E-state index in [0.29, 0.717) is 23.0 Å². The van der Waals surface area contributed by atoms with Crippen LogP contribution in [0.1, 0.15) is 23.7 Å². The molecule has 0 spiro atoms. The van der Waals surface area contributed by atoms with Gasteiger partial charge in [-0.15, -0.1) is 5.10 Å². The van der Waals surface area contributed by atoms with Gasteiger partial charge in [0.2, 0.25) is 0 Å². The number of rotatable bonds is 5. The Kier molecular flexibility index (Phi) is 5.04. The van der Waals surface area contributed by atoms with E-state index >= 15 is 0 Å². The van der Waals surface area contributed by atoms with Crippen LogP contribution in [0, 0.1) is 19.7 Å². The van der Waals surface area contributed by atoms with E-state index in [4.69, 9.17) is 16.3 Å². The smallest absolute Gasteiger partial charge is 0.258 e. The van der Waals surface area contributed by atoms with Gasteiger partial charge in [0, 0.05) is 28.2 Å². The summed E-state index contributed by atoms with van der Waals surface area (Å²) in [5.41, 5.74) is 3.56. The van der Waals surface area contributed by atoms with Gasteiger partial charge < -0.3 is 9.30 Å². The summed E-state index contributed by atoms with van der Waals surface area (Å²) in [7, 11) is 0. The van der Waals surface area contributed by atoms with Crippen molar-refractivity contribution in [3.05, 3.63) is 64.2 Å². The Morgan fingerprint density at radius 2 is 2.12 bits per heavy atom. The maximum Gasteiger partial charge on any atom is 0.258 e. The summed E-state index contributed by atoms with van der Waals surface area (Å²) in [6, 6.07) is 4.52. The molecule has 0 N–H and O–H groups in total. The second kappa shape index (κ2) is 7.23. The van der Waals surface area contributed by atoms with Gasteiger partial charge in [0.15, 0.2) is 0 Å². The third-order valence-corrected chi connectivity index (χ3v) is 4.55. The highest BCUT2D eigenvalue weighted by atomic mass is 35.5. The third kappa shape index (κ3) is 3.37. The van der Waals surface area contributed by atoms with Gasteiger partial charge >= 0.3 is 0 Å². The van der Waals surface area contributed by atoms with E-state index in [-0.39, 0.29) is 6.61 Å². The van der Waals surface area contributed by atoms with Crippen LogP contribution in [0.15, 0.2) is 36.5 Å². The number of hydrogen-bond acceptors (Lipinski definition) is 3. The van der Waals surface area contributed by atoms with Gasteiger partial charge in [0.05, 0.1) is 6.20 Å². The highest BCUT2D eigenvalue weighted by Crippen LogP contribution is 2.30. The highest BCUT2D eigenvalue weighted by molar-refractivity contribution is 6.30. The molecule has 3 rings (SSSR count). The minimum Gasteiger partial charge on any atom is -0.470 e. The normalized spacial score (nSPS) is 11.6.